The molecule has 0 fully saturated rings. The number of hydrogen-bond acceptors (Lipinski definition) is 5. The van der Waals surface area contributed by atoms with Crippen LogP contribution in [0.4, 0.5) is 5.69 Å². The van der Waals surface area contributed by atoms with Gasteiger partial charge in [0.1, 0.15) is 5.82 Å². The summed E-state index contributed by atoms with van der Waals surface area (Å²) in [4.78, 5) is 13.7. The summed E-state index contributed by atoms with van der Waals surface area (Å²) >= 11 is 15.1. The standard InChI is InChI=1S/C24H20Cl2N4OS2/c1-16-7-9-21(10-8-16)32-14-22-28-29-24(30(22)20-5-3-2-4-6-20)33-15-23(31)27-19-12-17(25)11-18(26)13-19/h2-13H,14-15H2,1H3,(H,27,31). The van der Waals surface area contributed by atoms with E-state index in [2.05, 4.69) is 46.7 Å². The normalized spacial score (nSPS) is 10.9. The van der Waals surface area contributed by atoms with Crippen molar-refractivity contribution in [3.63, 3.8) is 0 Å². The van der Waals surface area contributed by atoms with E-state index in [4.69, 9.17) is 23.2 Å². The molecular weight excluding hydrogens is 495 g/mol. The van der Waals surface area contributed by atoms with E-state index in [1.165, 1.54) is 17.3 Å². The highest BCUT2D eigenvalue weighted by Crippen LogP contribution is 2.28. The van der Waals surface area contributed by atoms with Crippen molar-refractivity contribution in [1.29, 1.82) is 0 Å². The lowest BCUT2D eigenvalue weighted by molar-refractivity contribution is -0.113. The van der Waals surface area contributed by atoms with Gasteiger partial charge in [-0.15, -0.1) is 22.0 Å². The van der Waals surface area contributed by atoms with Crippen LogP contribution in [0.25, 0.3) is 5.69 Å². The minimum absolute atomic E-state index is 0.167. The Morgan fingerprint density at radius 2 is 1.64 bits per heavy atom. The number of rotatable bonds is 8. The van der Waals surface area contributed by atoms with E-state index in [0.717, 1.165) is 16.4 Å². The SMILES string of the molecule is Cc1ccc(SCc2nnc(SCC(=O)Nc3cc(Cl)cc(Cl)c3)n2-c2ccccc2)cc1. The van der Waals surface area contributed by atoms with E-state index in [1.54, 1.807) is 30.0 Å². The number of thioether (sulfide) groups is 2. The fraction of sp³-hybridized carbons (Fsp3) is 0.125. The van der Waals surface area contributed by atoms with Crippen molar-refractivity contribution in [1.82, 2.24) is 14.8 Å². The highest BCUT2D eigenvalue weighted by Gasteiger charge is 2.16. The summed E-state index contributed by atoms with van der Waals surface area (Å²) in [5.74, 6) is 1.45. The Balaban J connectivity index is 1.49. The number of anilines is 1. The summed E-state index contributed by atoms with van der Waals surface area (Å²) in [5.41, 5.74) is 2.73. The highest BCUT2D eigenvalue weighted by molar-refractivity contribution is 7.99. The third kappa shape index (κ3) is 6.54. The Morgan fingerprint density at radius 3 is 2.33 bits per heavy atom. The van der Waals surface area contributed by atoms with Crippen LogP contribution in [0.1, 0.15) is 11.4 Å². The number of nitrogens with zero attached hydrogens (tertiary/aromatic N) is 3. The number of nitrogens with one attached hydrogen (secondary N) is 1. The second-order valence-electron chi connectivity index (χ2n) is 7.17. The number of benzene rings is 3. The maximum atomic E-state index is 12.5. The van der Waals surface area contributed by atoms with Gasteiger partial charge in [0.2, 0.25) is 5.91 Å². The van der Waals surface area contributed by atoms with Gasteiger partial charge in [0.05, 0.1) is 11.5 Å². The van der Waals surface area contributed by atoms with Gasteiger partial charge in [-0.25, -0.2) is 0 Å². The zero-order valence-electron chi connectivity index (χ0n) is 17.7. The summed E-state index contributed by atoms with van der Waals surface area (Å²) < 4.78 is 2.00. The van der Waals surface area contributed by atoms with Crippen LogP contribution in [0.5, 0.6) is 0 Å². The van der Waals surface area contributed by atoms with Gasteiger partial charge in [-0.1, -0.05) is 70.9 Å². The predicted octanol–water partition coefficient (Wildman–Crippen LogP) is 6.91. The Labute approximate surface area is 210 Å². The molecule has 0 spiro atoms. The number of aromatic nitrogens is 3. The monoisotopic (exact) mass is 514 g/mol. The quantitative estimate of drug-likeness (QED) is 0.259. The predicted molar refractivity (Wildman–Crippen MR) is 138 cm³/mol. The van der Waals surface area contributed by atoms with Gasteiger partial charge in [-0.3, -0.25) is 9.36 Å². The molecular formula is C24H20Cl2N4OS2. The number of amides is 1. The van der Waals surface area contributed by atoms with Crippen LogP contribution in [-0.4, -0.2) is 26.4 Å². The highest BCUT2D eigenvalue weighted by atomic mass is 35.5. The molecule has 0 aliphatic rings. The molecule has 168 valence electrons. The van der Waals surface area contributed by atoms with Gasteiger partial charge >= 0.3 is 0 Å². The lowest BCUT2D eigenvalue weighted by atomic mass is 10.2. The molecule has 33 heavy (non-hydrogen) atoms. The van der Waals surface area contributed by atoms with Crippen molar-refractivity contribution >= 4 is 58.3 Å². The number of halogens is 2. The first-order valence-electron chi connectivity index (χ1n) is 10.1. The Kier molecular flexibility index (Phi) is 7.98. The number of carbonyl (C=O) groups is 1. The van der Waals surface area contributed by atoms with Crippen molar-refractivity contribution in [2.24, 2.45) is 0 Å². The molecule has 3 aromatic carbocycles. The van der Waals surface area contributed by atoms with E-state index in [9.17, 15) is 4.79 Å². The first-order valence-corrected chi connectivity index (χ1v) is 12.8. The minimum Gasteiger partial charge on any atom is -0.325 e. The lowest BCUT2D eigenvalue weighted by Crippen LogP contribution is -2.14. The van der Waals surface area contributed by atoms with Crippen molar-refractivity contribution in [2.75, 3.05) is 11.1 Å². The van der Waals surface area contributed by atoms with Crippen LogP contribution in [0.15, 0.2) is 82.8 Å². The summed E-state index contributed by atoms with van der Waals surface area (Å²) in [6.45, 7) is 2.07. The fourth-order valence-electron chi connectivity index (χ4n) is 3.06. The van der Waals surface area contributed by atoms with Gasteiger partial charge in [0, 0.05) is 26.3 Å². The van der Waals surface area contributed by atoms with E-state index < -0.39 is 0 Å². The van der Waals surface area contributed by atoms with Crippen LogP contribution in [0.2, 0.25) is 10.0 Å². The molecule has 4 aromatic rings. The molecule has 0 bridgehead atoms. The van der Waals surface area contributed by atoms with Gasteiger partial charge in [0.15, 0.2) is 5.16 Å². The number of para-hydroxylation sites is 1. The van der Waals surface area contributed by atoms with Gasteiger partial charge in [-0.2, -0.15) is 0 Å². The summed E-state index contributed by atoms with van der Waals surface area (Å²) in [5, 5.41) is 13.2. The zero-order chi connectivity index (χ0) is 23.2. The third-order valence-electron chi connectivity index (χ3n) is 4.58. The molecule has 9 heteroatoms. The van der Waals surface area contributed by atoms with Crippen LogP contribution in [0, 0.1) is 6.92 Å². The fourth-order valence-corrected chi connectivity index (χ4v) is 5.17. The molecule has 0 atom stereocenters. The van der Waals surface area contributed by atoms with Crippen molar-refractivity contribution in [3.05, 3.63) is 94.2 Å². The minimum atomic E-state index is -0.184. The van der Waals surface area contributed by atoms with Crippen LogP contribution in [0.3, 0.4) is 0 Å². The Bertz CT molecular complexity index is 1230. The molecule has 0 aliphatic heterocycles. The van der Waals surface area contributed by atoms with Crippen LogP contribution >= 0.6 is 46.7 Å². The summed E-state index contributed by atoms with van der Waals surface area (Å²) in [6.07, 6.45) is 0. The average molecular weight is 515 g/mol. The molecule has 5 nitrogen and oxygen atoms in total. The lowest BCUT2D eigenvalue weighted by Gasteiger charge is -2.10. The van der Waals surface area contributed by atoms with Crippen molar-refractivity contribution < 1.29 is 4.79 Å². The van der Waals surface area contributed by atoms with Gasteiger partial charge in [0.25, 0.3) is 0 Å². The Morgan fingerprint density at radius 1 is 0.939 bits per heavy atom. The molecule has 1 N–H and O–H groups in total. The zero-order valence-corrected chi connectivity index (χ0v) is 20.8. The first kappa shape index (κ1) is 23.7. The van der Waals surface area contributed by atoms with E-state index in [1.807, 2.05) is 34.9 Å². The molecule has 0 aliphatic carbocycles. The van der Waals surface area contributed by atoms with E-state index in [0.29, 0.717) is 26.6 Å². The molecule has 0 saturated carbocycles. The average Bonchev–Trinajstić information content (AvgIpc) is 3.20. The molecule has 0 unspecified atom stereocenters. The van der Waals surface area contributed by atoms with E-state index >= 15 is 0 Å². The topological polar surface area (TPSA) is 59.8 Å². The molecule has 1 heterocycles. The largest absolute Gasteiger partial charge is 0.325 e. The van der Waals surface area contributed by atoms with Crippen molar-refractivity contribution in [2.45, 2.75) is 22.7 Å². The maximum Gasteiger partial charge on any atom is 0.234 e. The number of hydrogen-bond donors (Lipinski definition) is 1. The molecule has 0 radical (unpaired) electrons. The second kappa shape index (κ2) is 11.1. The second-order valence-corrected chi connectivity index (χ2v) is 10.0. The van der Waals surface area contributed by atoms with Crippen LogP contribution < -0.4 is 5.32 Å². The van der Waals surface area contributed by atoms with Gasteiger partial charge < -0.3 is 5.32 Å². The molecule has 4 rings (SSSR count). The maximum absolute atomic E-state index is 12.5. The summed E-state index contributed by atoms with van der Waals surface area (Å²) in [7, 11) is 0. The molecule has 0 saturated heterocycles. The Hall–Kier alpha value is -2.45. The third-order valence-corrected chi connectivity index (χ3v) is 6.96. The smallest absolute Gasteiger partial charge is 0.234 e. The molecule has 1 amide bonds. The summed E-state index contributed by atoms with van der Waals surface area (Å²) in [6, 6.07) is 23.2. The number of aryl methyl sites for hydroxylation is 1. The number of carbonyl (C=O) groups excluding carboxylic acids is 1. The van der Waals surface area contributed by atoms with Gasteiger partial charge in [-0.05, 0) is 49.4 Å². The van der Waals surface area contributed by atoms with Crippen LogP contribution in [-0.2, 0) is 10.5 Å². The molecule has 1 aromatic heterocycles. The first-order chi connectivity index (χ1) is 16.0. The van der Waals surface area contributed by atoms with Crippen molar-refractivity contribution in [3.8, 4) is 5.69 Å². The van der Waals surface area contributed by atoms with E-state index in [-0.39, 0.29) is 11.7 Å².